The molecule has 0 aliphatic heterocycles. The van der Waals surface area contributed by atoms with E-state index in [2.05, 4.69) is 42.9 Å². The predicted octanol–water partition coefficient (Wildman–Crippen LogP) is 2.72. The zero-order chi connectivity index (χ0) is 26.6. The van der Waals surface area contributed by atoms with Crippen LogP contribution in [0.4, 0.5) is 17.3 Å². The van der Waals surface area contributed by atoms with Gasteiger partial charge in [-0.1, -0.05) is 48.5 Å². The Morgan fingerprint density at radius 1 is 0.711 bits per heavy atom. The van der Waals surface area contributed by atoms with Crippen molar-refractivity contribution in [2.24, 2.45) is 5.18 Å². The van der Waals surface area contributed by atoms with Crippen LogP contribution in [0.3, 0.4) is 0 Å². The van der Waals surface area contributed by atoms with E-state index in [1.165, 1.54) is 22.8 Å². The Morgan fingerprint density at radius 2 is 1.29 bits per heavy atom. The van der Waals surface area contributed by atoms with Crippen LogP contribution >= 0.6 is 0 Å². The Labute approximate surface area is 214 Å². The Hall–Kier alpha value is -5.00. The zero-order valence-electron chi connectivity index (χ0n) is 20.2. The van der Waals surface area contributed by atoms with Crippen molar-refractivity contribution in [3.05, 3.63) is 123 Å². The highest BCUT2D eigenvalue weighted by Crippen LogP contribution is 2.34. The molecule has 0 radical (unpaired) electrons. The number of benzene rings is 2. The average Bonchev–Trinajstić information content (AvgIpc) is 3.48. The van der Waals surface area contributed by atoms with Crippen molar-refractivity contribution in [3.63, 3.8) is 0 Å². The van der Waals surface area contributed by atoms with Gasteiger partial charge in [-0.05, 0) is 53.1 Å². The van der Waals surface area contributed by atoms with Crippen LogP contribution in [0.5, 0.6) is 0 Å². The lowest BCUT2D eigenvalue weighted by atomic mass is 10.1. The molecule has 2 aromatic carbocycles. The molecule has 2 atom stereocenters. The van der Waals surface area contributed by atoms with Crippen molar-refractivity contribution in [2.75, 3.05) is 10.6 Å². The summed E-state index contributed by atoms with van der Waals surface area (Å²) < 4.78 is 0. The number of aromatic amines is 4. The Kier molecular flexibility index (Phi) is 6.85. The van der Waals surface area contributed by atoms with E-state index in [-0.39, 0.29) is 23.6 Å². The molecule has 6 N–H and O–H groups in total. The van der Waals surface area contributed by atoms with Gasteiger partial charge in [0, 0.05) is 6.07 Å². The van der Waals surface area contributed by atoms with Crippen molar-refractivity contribution in [2.45, 2.75) is 37.8 Å². The molecule has 0 saturated carbocycles. The van der Waals surface area contributed by atoms with Crippen molar-refractivity contribution in [1.82, 2.24) is 19.9 Å². The van der Waals surface area contributed by atoms with Crippen molar-refractivity contribution < 1.29 is 0 Å². The number of hydrogen-bond acceptors (Lipinski definition) is 8. The predicted molar refractivity (Wildman–Crippen MR) is 143 cm³/mol. The fourth-order valence-electron chi connectivity index (χ4n) is 4.99. The van der Waals surface area contributed by atoms with Gasteiger partial charge in [-0.15, -0.1) is 4.91 Å². The molecular weight excluding hydrogens is 490 g/mol. The van der Waals surface area contributed by atoms with Crippen LogP contribution in [0.1, 0.15) is 47.2 Å². The molecule has 0 bridgehead atoms. The minimum absolute atomic E-state index is 0.0517. The highest BCUT2D eigenvalue weighted by Gasteiger charge is 2.24. The lowest BCUT2D eigenvalue weighted by Crippen LogP contribution is -2.24. The molecule has 0 saturated heterocycles. The fourth-order valence-corrected chi connectivity index (χ4v) is 4.99. The summed E-state index contributed by atoms with van der Waals surface area (Å²) in [5, 5.41) is 8.91. The second kappa shape index (κ2) is 10.5. The third kappa shape index (κ3) is 5.24. The molecule has 4 aromatic rings. The number of nitrogens with zero attached hydrogens (tertiary/aromatic N) is 1. The SMILES string of the molecule is O=Nc1c(NC2CCc3ccccc32)[nH]c(=O)[nH]c1=O.O=c1cc(NC2CCc3ccccc32)[nH]c(=O)[nH]1. The summed E-state index contributed by atoms with van der Waals surface area (Å²) in [6.07, 6.45) is 3.72. The summed E-state index contributed by atoms with van der Waals surface area (Å²) in [6.45, 7) is 0. The van der Waals surface area contributed by atoms with E-state index in [9.17, 15) is 24.1 Å². The molecular formula is C26H25N7O5. The van der Waals surface area contributed by atoms with E-state index in [1.54, 1.807) is 0 Å². The highest BCUT2D eigenvalue weighted by atomic mass is 16.3. The summed E-state index contributed by atoms with van der Waals surface area (Å²) in [7, 11) is 0. The van der Waals surface area contributed by atoms with Crippen molar-refractivity contribution in [3.8, 4) is 0 Å². The maximum Gasteiger partial charge on any atom is 0.327 e. The Morgan fingerprint density at radius 3 is 1.89 bits per heavy atom. The lowest BCUT2D eigenvalue weighted by Gasteiger charge is -2.15. The smallest absolute Gasteiger partial charge is 0.327 e. The van der Waals surface area contributed by atoms with Crippen LogP contribution in [0.2, 0.25) is 0 Å². The maximum absolute atomic E-state index is 11.5. The number of nitrogens with one attached hydrogen (secondary N) is 6. The number of hydrogen-bond donors (Lipinski definition) is 6. The van der Waals surface area contributed by atoms with Gasteiger partial charge >= 0.3 is 11.4 Å². The molecule has 0 amide bonds. The van der Waals surface area contributed by atoms with E-state index < -0.39 is 22.5 Å². The molecule has 194 valence electrons. The summed E-state index contributed by atoms with van der Waals surface area (Å²) in [5.74, 6) is 0.529. The topological polar surface area (TPSA) is 185 Å². The molecule has 12 heteroatoms. The summed E-state index contributed by atoms with van der Waals surface area (Å²) in [4.78, 5) is 65.1. The number of nitroso groups, excluding NO2 is 1. The van der Waals surface area contributed by atoms with Gasteiger partial charge in [0.05, 0.1) is 12.1 Å². The molecule has 6 rings (SSSR count). The van der Waals surface area contributed by atoms with Crippen LogP contribution in [0, 0.1) is 4.91 Å². The van der Waals surface area contributed by atoms with Gasteiger partial charge in [-0.2, -0.15) is 0 Å². The van der Waals surface area contributed by atoms with Crippen LogP contribution in [-0.4, -0.2) is 19.9 Å². The lowest BCUT2D eigenvalue weighted by molar-refractivity contribution is 0.754. The van der Waals surface area contributed by atoms with Crippen LogP contribution in [0.25, 0.3) is 0 Å². The first kappa shape index (κ1) is 24.7. The molecule has 0 fully saturated rings. The van der Waals surface area contributed by atoms with Crippen LogP contribution in [0.15, 0.2) is 79.0 Å². The summed E-state index contributed by atoms with van der Waals surface area (Å²) >= 11 is 0. The van der Waals surface area contributed by atoms with Crippen LogP contribution in [-0.2, 0) is 12.8 Å². The molecule has 2 aromatic heterocycles. The Balaban J connectivity index is 0.000000156. The van der Waals surface area contributed by atoms with Gasteiger partial charge < -0.3 is 10.6 Å². The normalized spacial score (nSPS) is 17.1. The van der Waals surface area contributed by atoms with Crippen molar-refractivity contribution >= 4 is 17.3 Å². The fraction of sp³-hybridized carbons (Fsp3) is 0.231. The van der Waals surface area contributed by atoms with Gasteiger partial charge in [-0.3, -0.25) is 29.5 Å². The van der Waals surface area contributed by atoms with Gasteiger partial charge in [-0.25, -0.2) is 9.59 Å². The largest absolute Gasteiger partial charge is 0.365 e. The number of aryl methyl sites for hydroxylation is 2. The van der Waals surface area contributed by atoms with E-state index in [0.717, 1.165) is 31.2 Å². The van der Waals surface area contributed by atoms with Gasteiger partial charge in [0.2, 0.25) is 5.69 Å². The van der Waals surface area contributed by atoms with Crippen LogP contribution < -0.4 is 33.1 Å². The highest BCUT2D eigenvalue weighted by molar-refractivity contribution is 5.59. The first-order valence-corrected chi connectivity index (χ1v) is 12.1. The van der Waals surface area contributed by atoms with Gasteiger partial charge in [0.1, 0.15) is 11.6 Å². The van der Waals surface area contributed by atoms with E-state index >= 15 is 0 Å². The first-order chi connectivity index (χ1) is 18.4. The third-order valence-electron chi connectivity index (χ3n) is 6.68. The standard InChI is InChI=1S/C13H12N4O3.C13H13N3O2/c18-12-10(17-20)11(15-13(19)16-12)14-9-6-5-7-3-1-2-4-8(7)9;17-12-7-11(15-13(18)16-12)14-10-6-5-8-3-1-2-4-9(8)10/h1-4,9H,5-6H2,(H3,14,15,16,18,19);1-4,7,10H,5-6H2,(H3,14,15,16,17,18). The maximum atomic E-state index is 11.5. The number of aromatic nitrogens is 4. The average molecular weight is 516 g/mol. The first-order valence-electron chi connectivity index (χ1n) is 12.1. The second-order valence-electron chi connectivity index (χ2n) is 9.09. The second-order valence-corrected chi connectivity index (χ2v) is 9.09. The molecule has 2 aliphatic carbocycles. The molecule has 38 heavy (non-hydrogen) atoms. The minimum atomic E-state index is -0.794. The van der Waals surface area contributed by atoms with E-state index in [0.29, 0.717) is 5.82 Å². The monoisotopic (exact) mass is 515 g/mol. The van der Waals surface area contributed by atoms with E-state index in [1.807, 2.05) is 41.4 Å². The number of rotatable bonds is 5. The quantitative estimate of drug-likeness (QED) is 0.221. The number of anilines is 2. The molecule has 2 heterocycles. The van der Waals surface area contributed by atoms with E-state index in [4.69, 9.17) is 0 Å². The molecule has 12 nitrogen and oxygen atoms in total. The number of fused-ring (bicyclic) bond motifs is 2. The molecule has 2 aliphatic rings. The number of H-pyrrole nitrogens is 4. The zero-order valence-corrected chi connectivity index (χ0v) is 20.2. The molecule has 0 spiro atoms. The summed E-state index contributed by atoms with van der Waals surface area (Å²) in [6, 6.07) is 17.6. The summed E-state index contributed by atoms with van der Waals surface area (Å²) in [5.41, 5.74) is 2.19. The minimum Gasteiger partial charge on any atom is -0.365 e. The van der Waals surface area contributed by atoms with Crippen molar-refractivity contribution in [1.29, 1.82) is 0 Å². The third-order valence-corrected chi connectivity index (χ3v) is 6.68. The van der Waals surface area contributed by atoms with Gasteiger partial charge in [0.25, 0.3) is 11.1 Å². The molecule has 2 unspecified atom stereocenters. The van der Waals surface area contributed by atoms with Gasteiger partial charge in [0.15, 0.2) is 0 Å². The Bertz CT molecular complexity index is 1690.